The number of nitro benzene ring substituents is 1. The lowest BCUT2D eigenvalue weighted by Crippen LogP contribution is -2.35. The van der Waals surface area contributed by atoms with Crippen LogP contribution in [0.5, 0.6) is 5.75 Å². The zero-order valence-electron chi connectivity index (χ0n) is 16.6. The molecule has 1 aliphatic rings. The van der Waals surface area contributed by atoms with E-state index in [1.165, 1.54) is 22.5 Å². The highest BCUT2D eigenvalue weighted by atomic mass is 32.2. The van der Waals surface area contributed by atoms with Crippen molar-refractivity contribution in [3.8, 4) is 5.75 Å². The van der Waals surface area contributed by atoms with Gasteiger partial charge in [-0.15, -0.1) is 0 Å². The van der Waals surface area contributed by atoms with E-state index < -0.39 is 14.9 Å². The predicted molar refractivity (Wildman–Crippen MR) is 111 cm³/mol. The molecule has 1 aliphatic heterocycles. The predicted octanol–water partition coefficient (Wildman–Crippen LogP) is 3.41. The zero-order valence-corrected chi connectivity index (χ0v) is 17.4. The number of benzene rings is 2. The lowest BCUT2D eigenvalue weighted by molar-refractivity contribution is -0.384. The molecule has 1 fully saturated rings. The van der Waals surface area contributed by atoms with Gasteiger partial charge in [-0.2, -0.15) is 4.31 Å². The van der Waals surface area contributed by atoms with Crippen LogP contribution < -0.4 is 9.64 Å². The van der Waals surface area contributed by atoms with Crippen molar-refractivity contribution in [2.45, 2.75) is 30.7 Å². The second-order valence-electron chi connectivity index (χ2n) is 7.08. The van der Waals surface area contributed by atoms with Gasteiger partial charge in [0.25, 0.3) is 5.69 Å². The molecular weight excluding hydrogens is 394 g/mol. The average Bonchev–Trinajstić information content (AvgIpc) is 2.74. The first-order valence-electron chi connectivity index (χ1n) is 9.45. The summed E-state index contributed by atoms with van der Waals surface area (Å²) in [6.07, 6.45) is 2.62. The number of nitrogens with zero attached hydrogens (tertiary/aromatic N) is 3. The SMILES string of the molecule is COc1ccc(CN(C)c2ccc(S(=O)(=O)N3CCCCC3)cc2[N+](=O)[O-])cc1. The summed E-state index contributed by atoms with van der Waals surface area (Å²) in [5.41, 5.74) is 1.09. The molecule has 0 radical (unpaired) electrons. The van der Waals surface area contributed by atoms with E-state index in [0.717, 1.165) is 30.6 Å². The van der Waals surface area contributed by atoms with E-state index in [2.05, 4.69) is 0 Å². The van der Waals surface area contributed by atoms with E-state index >= 15 is 0 Å². The second-order valence-corrected chi connectivity index (χ2v) is 9.01. The summed E-state index contributed by atoms with van der Waals surface area (Å²) in [7, 11) is -0.402. The molecule has 0 aromatic heterocycles. The van der Waals surface area contributed by atoms with E-state index in [9.17, 15) is 18.5 Å². The van der Waals surface area contributed by atoms with Crippen LogP contribution in [0.3, 0.4) is 0 Å². The first kappa shape index (κ1) is 21.1. The molecular formula is C20H25N3O5S. The molecule has 0 bridgehead atoms. The van der Waals surface area contributed by atoms with Gasteiger partial charge in [0.05, 0.1) is 16.9 Å². The largest absolute Gasteiger partial charge is 0.497 e. The van der Waals surface area contributed by atoms with Crippen LogP contribution in [0.1, 0.15) is 24.8 Å². The van der Waals surface area contributed by atoms with Gasteiger partial charge in [-0.3, -0.25) is 10.1 Å². The summed E-state index contributed by atoms with van der Waals surface area (Å²) in [5, 5.41) is 11.7. The Labute approximate surface area is 170 Å². The fraction of sp³-hybridized carbons (Fsp3) is 0.400. The number of nitro groups is 1. The van der Waals surface area contributed by atoms with Gasteiger partial charge in [0, 0.05) is 32.7 Å². The number of anilines is 1. The molecule has 1 heterocycles. The van der Waals surface area contributed by atoms with Crippen LogP contribution in [0.2, 0.25) is 0 Å². The summed E-state index contributed by atoms with van der Waals surface area (Å²) in [6, 6.07) is 11.6. The lowest BCUT2D eigenvalue weighted by atomic mass is 10.2. The maximum Gasteiger partial charge on any atom is 0.293 e. The van der Waals surface area contributed by atoms with E-state index in [1.54, 1.807) is 19.1 Å². The number of sulfonamides is 1. The monoisotopic (exact) mass is 419 g/mol. The fourth-order valence-electron chi connectivity index (χ4n) is 3.48. The zero-order chi connectivity index (χ0) is 21.0. The number of rotatable bonds is 7. The Kier molecular flexibility index (Phi) is 6.39. The molecule has 0 aliphatic carbocycles. The van der Waals surface area contributed by atoms with Gasteiger partial charge < -0.3 is 9.64 Å². The van der Waals surface area contributed by atoms with Crippen LogP contribution in [-0.4, -0.2) is 44.9 Å². The summed E-state index contributed by atoms with van der Waals surface area (Å²) < 4.78 is 32.3. The maximum absolute atomic E-state index is 12.9. The van der Waals surface area contributed by atoms with Gasteiger partial charge in [-0.1, -0.05) is 18.6 Å². The number of piperidine rings is 1. The molecule has 3 rings (SSSR count). The maximum atomic E-state index is 12.9. The Hall–Kier alpha value is -2.65. The molecule has 0 amide bonds. The minimum Gasteiger partial charge on any atom is -0.497 e. The first-order valence-corrected chi connectivity index (χ1v) is 10.9. The molecule has 0 unspecified atom stereocenters. The molecule has 0 saturated carbocycles. The molecule has 0 spiro atoms. The van der Waals surface area contributed by atoms with Crippen molar-refractivity contribution in [1.82, 2.24) is 4.31 Å². The number of methoxy groups -OCH3 is 1. The molecule has 2 aromatic rings. The van der Waals surface area contributed by atoms with Gasteiger partial charge in [-0.05, 0) is 42.7 Å². The van der Waals surface area contributed by atoms with Gasteiger partial charge in [0.15, 0.2) is 0 Å². The highest BCUT2D eigenvalue weighted by molar-refractivity contribution is 7.89. The van der Waals surface area contributed by atoms with Crippen LogP contribution in [0.15, 0.2) is 47.4 Å². The van der Waals surface area contributed by atoms with E-state index in [-0.39, 0.29) is 10.6 Å². The smallest absolute Gasteiger partial charge is 0.293 e. The van der Waals surface area contributed by atoms with Crippen molar-refractivity contribution in [2.24, 2.45) is 0 Å². The van der Waals surface area contributed by atoms with Crippen molar-refractivity contribution in [3.63, 3.8) is 0 Å². The third-order valence-corrected chi connectivity index (χ3v) is 6.98. The Morgan fingerprint density at radius 3 is 2.34 bits per heavy atom. The van der Waals surface area contributed by atoms with E-state index in [1.807, 2.05) is 24.3 Å². The van der Waals surface area contributed by atoms with Crippen LogP contribution in [0, 0.1) is 10.1 Å². The molecule has 0 atom stereocenters. The highest BCUT2D eigenvalue weighted by Crippen LogP contribution is 2.32. The molecule has 8 nitrogen and oxygen atoms in total. The van der Waals surface area contributed by atoms with Crippen molar-refractivity contribution < 1.29 is 18.1 Å². The molecule has 156 valence electrons. The van der Waals surface area contributed by atoms with E-state index in [0.29, 0.717) is 25.3 Å². The number of ether oxygens (including phenoxy) is 1. The number of hydrogen-bond donors (Lipinski definition) is 0. The summed E-state index contributed by atoms with van der Waals surface area (Å²) in [5.74, 6) is 0.731. The minimum absolute atomic E-state index is 0.0345. The lowest BCUT2D eigenvalue weighted by Gasteiger charge is -2.26. The third-order valence-electron chi connectivity index (χ3n) is 5.09. The summed E-state index contributed by atoms with van der Waals surface area (Å²) in [6.45, 7) is 1.34. The third kappa shape index (κ3) is 4.68. The van der Waals surface area contributed by atoms with Gasteiger partial charge >= 0.3 is 0 Å². The van der Waals surface area contributed by atoms with Gasteiger partial charge in [0.2, 0.25) is 10.0 Å². The standard InChI is InChI=1S/C20H25N3O5S/c1-21(15-16-6-8-17(28-2)9-7-16)19-11-10-18(14-20(19)23(24)25)29(26,27)22-12-4-3-5-13-22/h6-11,14H,3-5,12-13,15H2,1-2H3. The Morgan fingerprint density at radius 2 is 1.76 bits per heavy atom. The summed E-state index contributed by atoms with van der Waals surface area (Å²) in [4.78, 5) is 12.8. The van der Waals surface area contributed by atoms with Crippen molar-refractivity contribution in [1.29, 1.82) is 0 Å². The Bertz CT molecular complexity index is 970. The molecule has 0 N–H and O–H groups in total. The quantitative estimate of drug-likeness (QED) is 0.504. The van der Waals surface area contributed by atoms with Crippen molar-refractivity contribution >= 4 is 21.4 Å². The highest BCUT2D eigenvalue weighted by Gasteiger charge is 2.29. The summed E-state index contributed by atoms with van der Waals surface area (Å²) >= 11 is 0. The fourth-order valence-corrected chi connectivity index (χ4v) is 5.01. The average molecular weight is 420 g/mol. The number of hydrogen-bond acceptors (Lipinski definition) is 6. The second kappa shape index (κ2) is 8.79. The van der Waals surface area contributed by atoms with E-state index in [4.69, 9.17) is 4.74 Å². The topological polar surface area (TPSA) is 93.0 Å². The molecule has 9 heteroatoms. The normalized spacial score (nSPS) is 15.1. The van der Waals surface area contributed by atoms with Crippen LogP contribution in [0.25, 0.3) is 0 Å². The van der Waals surface area contributed by atoms with Crippen LogP contribution >= 0.6 is 0 Å². The van der Waals surface area contributed by atoms with Crippen LogP contribution in [0.4, 0.5) is 11.4 Å². The van der Waals surface area contributed by atoms with Gasteiger partial charge in [0.1, 0.15) is 11.4 Å². The van der Waals surface area contributed by atoms with Gasteiger partial charge in [-0.25, -0.2) is 8.42 Å². The van der Waals surface area contributed by atoms with Crippen molar-refractivity contribution in [2.75, 3.05) is 32.1 Å². The molecule has 2 aromatic carbocycles. The Balaban J connectivity index is 1.88. The minimum atomic E-state index is -3.73. The van der Waals surface area contributed by atoms with Crippen molar-refractivity contribution in [3.05, 3.63) is 58.1 Å². The van der Waals surface area contributed by atoms with Crippen LogP contribution in [-0.2, 0) is 16.6 Å². The molecule has 29 heavy (non-hydrogen) atoms. The molecule has 1 saturated heterocycles. The first-order chi connectivity index (χ1) is 13.8. The Morgan fingerprint density at radius 1 is 1.10 bits per heavy atom.